The summed E-state index contributed by atoms with van der Waals surface area (Å²) in [6.07, 6.45) is 5.61. The lowest BCUT2D eigenvalue weighted by molar-refractivity contribution is 0.0601. The van der Waals surface area contributed by atoms with Crippen LogP contribution < -0.4 is 4.90 Å². The lowest BCUT2D eigenvalue weighted by Gasteiger charge is -2.30. The monoisotopic (exact) mass is 385 g/mol. The molecule has 0 radical (unpaired) electrons. The third-order valence-electron chi connectivity index (χ3n) is 5.74. The van der Waals surface area contributed by atoms with E-state index in [2.05, 4.69) is 40.2 Å². The first kappa shape index (κ1) is 17.7. The Hall–Kier alpha value is -3.34. The predicted molar refractivity (Wildman–Crippen MR) is 116 cm³/mol. The number of ether oxygens (including phenoxy) is 1. The molecule has 1 aliphatic heterocycles. The number of hydrogen-bond donors (Lipinski definition) is 1. The number of methoxy groups -OCH3 is 1. The molecule has 2 aromatic carbocycles. The van der Waals surface area contributed by atoms with Crippen molar-refractivity contribution in [2.75, 3.05) is 25.1 Å². The van der Waals surface area contributed by atoms with Crippen molar-refractivity contribution in [2.24, 2.45) is 0 Å². The number of esters is 1. The second-order valence-electron chi connectivity index (χ2n) is 7.58. The zero-order valence-electron chi connectivity index (χ0n) is 16.4. The van der Waals surface area contributed by atoms with Gasteiger partial charge >= 0.3 is 5.97 Å². The van der Waals surface area contributed by atoms with Crippen LogP contribution in [0.1, 0.15) is 29.6 Å². The Kier molecular flexibility index (Phi) is 4.43. The minimum Gasteiger partial charge on any atom is -0.465 e. The van der Waals surface area contributed by atoms with Gasteiger partial charge in [0.25, 0.3) is 0 Å². The number of anilines is 1. The SMILES string of the molecule is COC(=O)c1ccc2nc(-c3ccc4[nH]ccc4c3)c(N3CCCCC3)cc2c1. The number of pyridine rings is 1. The third-order valence-corrected chi connectivity index (χ3v) is 5.74. The number of aromatic amines is 1. The number of nitrogens with one attached hydrogen (secondary N) is 1. The van der Waals surface area contributed by atoms with E-state index < -0.39 is 0 Å². The average Bonchev–Trinajstić information content (AvgIpc) is 3.25. The van der Waals surface area contributed by atoms with E-state index in [1.54, 1.807) is 6.07 Å². The van der Waals surface area contributed by atoms with Gasteiger partial charge in [-0.15, -0.1) is 0 Å². The first-order chi connectivity index (χ1) is 14.2. The van der Waals surface area contributed by atoms with Crippen LogP contribution in [0, 0.1) is 0 Å². The van der Waals surface area contributed by atoms with Crippen molar-refractivity contribution in [3.63, 3.8) is 0 Å². The molecule has 1 N–H and O–H groups in total. The average molecular weight is 385 g/mol. The molecule has 146 valence electrons. The van der Waals surface area contributed by atoms with Crippen molar-refractivity contribution in [1.29, 1.82) is 0 Å². The molecule has 0 amide bonds. The van der Waals surface area contributed by atoms with Crippen LogP contribution in [0.3, 0.4) is 0 Å². The molecule has 0 unspecified atom stereocenters. The van der Waals surface area contributed by atoms with Crippen molar-refractivity contribution >= 4 is 33.5 Å². The van der Waals surface area contributed by atoms with Crippen molar-refractivity contribution in [1.82, 2.24) is 9.97 Å². The highest BCUT2D eigenvalue weighted by molar-refractivity contribution is 5.97. The molecule has 0 saturated carbocycles. The minimum absolute atomic E-state index is 0.326. The lowest BCUT2D eigenvalue weighted by atomic mass is 10.0. The summed E-state index contributed by atoms with van der Waals surface area (Å²) in [6.45, 7) is 2.06. The van der Waals surface area contributed by atoms with Gasteiger partial charge in [0.1, 0.15) is 0 Å². The van der Waals surface area contributed by atoms with E-state index in [4.69, 9.17) is 9.72 Å². The molecule has 5 heteroatoms. The Balaban J connectivity index is 1.70. The molecule has 0 atom stereocenters. The van der Waals surface area contributed by atoms with Gasteiger partial charge in [-0.2, -0.15) is 0 Å². The first-order valence-electron chi connectivity index (χ1n) is 10.1. The Morgan fingerprint density at radius 1 is 1.00 bits per heavy atom. The van der Waals surface area contributed by atoms with Crippen molar-refractivity contribution in [3.8, 4) is 11.3 Å². The molecular weight excluding hydrogens is 362 g/mol. The highest BCUT2D eigenvalue weighted by Gasteiger charge is 2.19. The molecule has 29 heavy (non-hydrogen) atoms. The van der Waals surface area contributed by atoms with Gasteiger partial charge < -0.3 is 14.6 Å². The van der Waals surface area contributed by atoms with E-state index in [0.29, 0.717) is 5.56 Å². The van der Waals surface area contributed by atoms with Crippen LogP contribution in [-0.4, -0.2) is 36.1 Å². The fourth-order valence-electron chi connectivity index (χ4n) is 4.20. The Labute approximate surface area is 169 Å². The van der Waals surface area contributed by atoms with Gasteiger partial charge in [-0.3, -0.25) is 0 Å². The summed E-state index contributed by atoms with van der Waals surface area (Å²) < 4.78 is 4.89. The first-order valence-corrected chi connectivity index (χ1v) is 10.1. The molecule has 3 heterocycles. The number of aromatic nitrogens is 2. The number of nitrogens with zero attached hydrogens (tertiary/aromatic N) is 2. The van der Waals surface area contributed by atoms with Crippen LogP contribution in [0.25, 0.3) is 33.1 Å². The summed E-state index contributed by atoms with van der Waals surface area (Å²) in [5.74, 6) is -0.326. The summed E-state index contributed by atoms with van der Waals surface area (Å²) in [7, 11) is 1.41. The normalized spacial score (nSPS) is 14.4. The number of fused-ring (bicyclic) bond motifs is 2. The van der Waals surface area contributed by atoms with Crippen molar-refractivity contribution in [3.05, 3.63) is 60.3 Å². The number of benzene rings is 2. The van der Waals surface area contributed by atoms with Gasteiger partial charge in [0.15, 0.2) is 0 Å². The second-order valence-corrected chi connectivity index (χ2v) is 7.58. The largest absolute Gasteiger partial charge is 0.465 e. The topological polar surface area (TPSA) is 58.2 Å². The van der Waals surface area contributed by atoms with E-state index in [1.165, 1.54) is 31.8 Å². The number of carbonyl (C=O) groups excluding carboxylic acids is 1. The fraction of sp³-hybridized carbons (Fsp3) is 0.250. The van der Waals surface area contributed by atoms with Crippen LogP contribution in [0.4, 0.5) is 5.69 Å². The van der Waals surface area contributed by atoms with Crippen LogP contribution >= 0.6 is 0 Å². The Bertz CT molecular complexity index is 1210. The molecule has 5 nitrogen and oxygen atoms in total. The Morgan fingerprint density at radius 3 is 2.69 bits per heavy atom. The van der Waals surface area contributed by atoms with Gasteiger partial charge in [-0.1, -0.05) is 6.07 Å². The number of H-pyrrole nitrogens is 1. The number of hydrogen-bond acceptors (Lipinski definition) is 4. The van der Waals surface area contributed by atoms with Crippen LogP contribution in [0.15, 0.2) is 54.7 Å². The molecule has 4 aromatic rings. The van der Waals surface area contributed by atoms with Gasteiger partial charge in [-0.05, 0) is 61.7 Å². The summed E-state index contributed by atoms with van der Waals surface area (Å²) in [4.78, 5) is 22.7. The molecule has 1 fully saturated rings. The lowest BCUT2D eigenvalue weighted by Crippen LogP contribution is -2.30. The molecular formula is C24H23N3O2. The molecule has 1 saturated heterocycles. The highest BCUT2D eigenvalue weighted by Crippen LogP contribution is 2.35. The quantitative estimate of drug-likeness (QED) is 0.495. The van der Waals surface area contributed by atoms with E-state index >= 15 is 0 Å². The molecule has 2 aromatic heterocycles. The standard InChI is InChI=1S/C24H23N3O2/c1-29-24(28)18-6-8-21-19(14-18)15-22(27-11-3-2-4-12-27)23(26-21)17-5-7-20-16(13-17)9-10-25-20/h5-10,13-15,25H,2-4,11-12H2,1H3. The molecule has 0 aliphatic carbocycles. The molecule has 0 spiro atoms. The van der Waals surface area contributed by atoms with Crippen LogP contribution in [0.2, 0.25) is 0 Å². The number of carbonyl (C=O) groups is 1. The van der Waals surface area contributed by atoms with E-state index in [-0.39, 0.29) is 5.97 Å². The summed E-state index contributed by atoms with van der Waals surface area (Å²) >= 11 is 0. The van der Waals surface area contributed by atoms with Gasteiger partial charge in [0.05, 0.1) is 29.6 Å². The molecule has 1 aliphatic rings. The fourth-order valence-corrected chi connectivity index (χ4v) is 4.20. The summed E-state index contributed by atoms with van der Waals surface area (Å²) in [5.41, 5.74) is 5.78. The van der Waals surface area contributed by atoms with Gasteiger partial charge in [-0.25, -0.2) is 9.78 Å². The molecule has 5 rings (SSSR count). The summed E-state index contributed by atoms with van der Waals surface area (Å²) in [6, 6.07) is 16.2. The van der Waals surface area contributed by atoms with E-state index in [1.807, 2.05) is 18.3 Å². The van der Waals surface area contributed by atoms with Crippen molar-refractivity contribution < 1.29 is 9.53 Å². The van der Waals surface area contributed by atoms with E-state index in [9.17, 15) is 4.79 Å². The number of rotatable bonds is 3. The predicted octanol–water partition coefficient (Wildman–Crippen LogP) is 5.16. The number of piperidine rings is 1. The zero-order chi connectivity index (χ0) is 19.8. The maximum atomic E-state index is 12.0. The minimum atomic E-state index is -0.326. The smallest absolute Gasteiger partial charge is 0.337 e. The second kappa shape index (κ2) is 7.24. The Morgan fingerprint density at radius 2 is 1.86 bits per heavy atom. The highest BCUT2D eigenvalue weighted by atomic mass is 16.5. The van der Waals surface area contributed by atoms with Gasteiger partial charge in [0.2, 0.25) is 0 Å². The van der Waals surface area contributed by atoms with E-state index in [0.717, 1.165) is 46.5 Å². The third kappa shape index (κ3) is 3.23. The maximum Gasteiger partial charge on any atom is 0.337 e. The van der Waals surface area contributed by atoms with Crippen molar-refractivity contribution in [2.45, 2.75) is 19.3 Å². The van der Waals surface area contributed by atoms with Crippen LogP contribution in [0.5, 0.6) is 0 Å². The summed E-state index contributed by atoms with van der Waals surface area (Å²) in [5, 5.41) is 2.13. The molecule has 0 bridgehead atoms. The van der Waals surface area contributed by atoms with Crippen LogP contribution in [-0.2, 0) is 4.74 Å². The maximum absolute atomic E-state index is 12.0. The zero-order valence-corrected chi connectivity index (χ0v) is 16.4. The van der Waals surface area contributed by atoms with Gasteiger partial charge in [0, 0.05) is 41.1 Å².